The topological polar surface area (TPSA) is 97.7 Å². The summed E-state index contributed by atoms with van der Waals surface area (Å²) >= 11 is 0. The number of methoxy groups -OCH3 is 2. The molecule has 1 fully saturated rings. The van der Waals surface area contributed by atoms with Crippen LogP contribution in [0.3, 0.4) is 0 Å². The zero-order chi connectivity index (χ0) is 19.2. The Hall–Kier alpha value is -2.75. The number of benzene rings is 1. The Kier molecular flexibility index (Phi) is 6.45. The largest absolute Gasteiger partial charge is 0.497 e. The predicted octanol–water partition coefficient (Wildman–Crippen LogP) is 2.59. The molecule has 1 saturated carbocycles. The predicted molar refractivity (Wildman–Crippen MR) is 94.0 cm³/mol. The summed E-state index contributed by atoms with van der Waals surface area (Å²) < 4.78 is 15.5. The van der Waals surface area contributed by atoms with Crippen molar-refractivity contribution < 1.29 is 23.8 Å². The number of ether oxygens (including phenoxy) is 3. The molecule has 0 spiro atoms. The molecule has 1 atom stereocenters. The minimum absolute atomic E-state index is 0.216. The molecule has 0 radical (unpaired) electrons. The number of nitriles is 1. The van der Waals surface area contributed by atoms with E-state index >= 15 is 0 Å². The first-order valence-electron chi connectivity index (χ1n) is 8.60. The molecular formula is C19H24N2O5. The highest BCUT2D eigenvalue weighted by Crippen LogP contribution is 2.28. The van der Waals surface area contributed by atoms with Gasteiger partial charge in [-0.25, -0.2) is 4.79 Å². The van der Waals surface area contributed by atoms with Crippen molar-refractivity contribution in [2.45, 2.75) is 50.7 Å². The zero-order valence-corrected chi connectivity index (χ0v) is 15.3. The Bertz CT molecular complexity index is 682. The van der Waals surface area contributed by atoms with Gasteiger partial charge in [0, 0.05) is 6.07 Å². The van der Waals surface area contributed by atoms with Crippen molar-refractivity contribution >= 4 is 11.9 Å². The first-order valence-corrected chi connectivity index (χ1v) is 8.60. The lowest BCUT2D eigenvalue weighted by Crippen LogP contribution is -2.52. The molecule has 1 aliphatic rings. The number of nitrogens with one attached hydrogen (secondary N) is 1. The van der Waals surface area contributed by atoms with Gasteiger partial charge in [0.25, 0.3) is 5.91 Å². The number of hydrogen-bond donors (Lipinski definition) is 1. The lowest BCUT2D eigenvalue weighted by atomic mass is 9.83. The van der Waals surface area contributed by atoms with Gasteiger partial charge in [0.2, 0.25) is 0 Å². The third kappa shape index (κ3) is 4.66. The Morgan fingerprint density at radius 3 is 2.19 bits per heavy atom. The second-order valence-electron chi connectivity index (χ2n) is 6.39. The van der Waals surface area contributed by atoms with Crippen molar-refractivity contribution in [2.75, 3.05) is 14.2 Å². The molecule has 0 aliphatic heterocycles. The van der Waals surface area contributed by atoms with E-state index in [1.165, 1.54) is 33.3 Å². The van der Waals surface area contributed by atoms with E-state index in [2.05, 4.69) is 11.4 Å². The van der Waals surface area contributed by atoms with E-state index in [9.17, 15) is 14.9 Å². The fourth-order valence-corrected chi connectivity index (χ4v) is 2.96. The van der Waals surface area contributed by atoms with E-state index in [-0.39, 0.29) is 5.56 Å². The highest BCUT2D eigenvalue weighted by molar-refractivity contribution is 5.93. The minimum atomic E-state index is -1.02. The van der Waals surface area contributed by atoms with Gasteiger partial charge in [-0.3, -0.25) is 4.79 Å². The van der Waals surface area contributed by atoms with Crippen molar-refractivity contribution in [1.29, 1.82) is 5.26 Å². The number of rotatable bonds is 6. The quantitative estimate of drug-likeness (QED) is 0.783. The zero-order valence-electron chi connectivity index (χ0n) is 15.3. The third-order valence-electron chi connectivity index (χ3n) is 4.52. The van der Waals surface area contributed by atoms with E-state index in [1.807, 2.05) is 0 Å². The van der Waals surface area contributed by atoms with E-state index in [0.717, 1.165) is 19.3 Å². The Morgan fingerprint density at radius 2 is 1.69 bits per heavy atom. The number of hydrogen-bond acceptors (Lipinski definition) is 6. The summed E-state index contributed by atoms with van der Waals surface area (Å²) in [6.07, 6.45) is 3.05. The third-order valence-corrected chi connectivity index (χ3v) is 4.52. The van der Waals surface area contributed by atoms with Crippen LogP contribution in [0.2, 0.25) is 0 Å². The van der Waals surface area contributed by atoms with Crippen LogP contribution in [0.5, 0.6) is 11.5 Å². The summed E-state index contributed by atoms with van der Waals surface area (Å²) in [6, 6.07) is 6.86. The monoisotopic (exact) mass is 360 g/mol. The molecule has 2 rings (SSSR count). The molecule has 0 heterocycles. The van der Waals surface area contributed by atoms with Gasteiger partial charge in [-0.05, 0) is 31.9 Å². The molecule has 1 aromatic rings. The molecule has 140 valence electrons. The van der Waals surface area contributed by atoms with Crippen LogP contribution in [0, 0.1) is 11.3 Å². The van der Waals surface area contributed by atoms with Crippen LogP contribution in [-0.4, -0.2) is 37.7 Å². The van der Waals surface area contributed by atoms with Crippen molar-refractivity contribution in [3.8, 4) is 17.6 Å². The van der Waals surface area contributed by atoms with Crippen LogP contribution >= 0.6 is 0 Å². The molecule has 1 amide bonds. The summed E-state index contributed by atoms with van der Waals surface area (Å²) in [6.45, 7) is 1.48. The van der Waals surface area contributed by atoms with Crippen molar-refractivity contribution in [3.63, 3.8) is 0 Å². The van der Waals surface area contributed by atoms with E-state index in [1.54, 1.807) is 6.07 Å². The highest BCUT2D eigenvalue weighted by atomic mass is 16.5. The molecular weight excluding hydrogens is 336 g/mol. The molecule has 0 saturated heterocycles. The van der Waals surface area contributed by atoms with Gasteiger partial charge in [-0.1, -0.05) is 19.3 Å². The fraction of sp³-hybridized carbons (Fsp3) is 0.526. The molecule has 0 bridgehead atoms. The van der Waals surface area contributed by atoms with Gasteiger partial charge >= 0.3 is 5.97 Å². The van der Waals surface area contributed by atoms with E-state index < -0.39 is 23.5 Å². The number of amides is 1. The normalized spacial score (nSPS) is 16.7. The second-order valence-corrected chi connectivity index (χ2v) is 6.39. The maximum Gasteiger partial charge on any atom is 0.339 e. The lowest BCUT2D eigenvalue weighted by molar-refractivity contribution is -0.130. The van der Waals surface area contributed by atoms with Crippen LogP contribution < -0.4 is 14.8 Å². The van der Waals surface area contributed by atoms with Crippen LogP contribution in [0.25, 0.3) is 0 Å². The van der Waals surface area contributed by atoms with Gasteiger partial charge in [0.1, 0.15) is 17.0 Å². The van der Waals surface area contributed by atoms with Gasteiger partial charge in [0.05, 0.1) is 25.9 Å². The standard InChI is InChI=1S/C19H24N2O5/c1-13(17(22)21-19(12-20)7-5-4-6-8-19)26-18(23)14-9-15(24-2)11-16(10-14)25-3/h9-11,13H,4-8H2,1-3H3,(H,21,22)/t13-/m1/s1. The first kappa shape index (κ1) is 19.6. The average Bonchev–Trinajstić information content (AvgIpc) is 2.67. The minimum Gasteiger partial charge on any atom is -0.497 e. The highest BCUT2D eigenvalue weighted by Gasteiger charge is 2.35. The smallest absolute Gasteiger partial charge is 0.339 e. The Balaban J connectivity index is 2.04. The van der Waals surface area contributed by atoms with Crippen LogP contribution in [0.1, 0.15) is 49.4 Å². The van der Waals surface area contributed by atoms with Crippen LogP contribution in [-0.2, 0) is 9.53 Å². The average molecular weight is 360 g/mol. The van der Waals surface area contributed by atoms with Crippen LogP contribution in [0.4, 0.5) is 0 Å². The Morgan fingerprint density at radius 1 is 1.12 bits per heavy atom. The summed E-state index contributed by atoms with van der Waals surface area (Å²) in [5, 5.41) is 12.2. The summed E-state index contributed by atoms with van der Waals surface area (Å²) in [5.41, 5.74) is -0.650. The first-order chi connectivity index (χ1) is 12.4. The van der Waals surface area contributed by atoms with Gasteiger partial charge < -0.3 is 19.5 Å². The molecule has 1 aliphatic carbocycles. The molecule has 26 heavy (non-hydrogen) atoms. The molecule has 1 aromatic carbocycles. The Labute approximate surface area is 153 Å². The molecule has 0 aromatic heterocycles. The van der Waals surface area contributed by atoms with Gasteiger partial charge in [0.15, 0.2) is 6.10 Å². The number of esters is 1. The SMILES string of the molecule is COc1cc(OC)cc(C(=O)O[C@H](C)C(=O)NC2(C#N)CCCCC2)c1. The van der Waals surface area contributed by atoms with Crippen LogP contribution in [0.15, 0.2) is 18.2 Å². The molecule has 7 heteroatoms. The van der Waals surface area contributed by atoms with Crippen molar-refractivity contribution in [2.24, 2.45) is 0 Å². The number of carbonyl (C=O) groups is 2. The maximum absolute atomic E-state index is 12.4. The summed E-state index contributed by atoms with van der Waals surface area (Å²) in [4.78, 5) is 24.8. The van der Waals surface area contributed by atoms with E-state index in [0.29, 0.717) is 24.3 Å². The van der Waals surface area contributed by atoms with Crippen molar-refractivity contribution in [1.82, 2.24) is 5.32 Å². The molecule has 7 nitrogen and oxygen atoms in total. The summed E-state index contributed by atoms with van der Waals surface area (Å²) in [5.74, 6) is -0.255. The maximum atomic E-state index is 12.4. The summed E-state index contributed by atoms with van der Waals surface area (Å²) in [7, 11) is 2.96. The van der Waals surface area contributed by atoms with Gasteiger partial charge in [-0.2, -0.15) is 5.26 Å². The van der Waals surface area contributed by atoms with E-state index in [4.69, 9.17) is 14.2 Å². The number of carbonyl (C=O) groups excluding carboxylic acids is 2. The second kappa shape index (κ2) is 8.56. The molecule has 1 N–H and O–H groups in total. The van der Waals surface area contributed by atoms with Gasteiger partial charge in [-0.15, -0.1) is 0 Å². The fourth-order valence-electron chi connectivity index (χ4n) is 2.96. The lowest BCUT2D eigenvalue weighted by Gasteiger charge is -2.32. The number of nitrogens with zero attached hydrogens (tertiary/aromatic N) is 1. The van der Waals surface area contributed by atoms with Crippen molar-refractivity contribution in [3.05, 3.63) is 23.8 Å². The molecule has 0 unspecified atom stereocenters.